The number of rotatable bonds is 5. The first kappa shape index (κ1) is 21.4. The third-order valence-electron chi connectivity index (χ3n) is 4.90. The van der Waals surface area contributed by atoms with Crippen molar-refractivity contribution < 1.29 is 36.7 Å². The highest BCUT2D eigenvalue weighted by Crippen LogP contribution is 2.35. The third-order valence-corrected chi connectivity index (χ3v) is 5.50. The number of benzene rings is 2. The van der Waals surface area contributed by atoms with Gasteiger partial charge in [0.15, 0.2) is 12.6 Å². The fraction of sp³-hybridized carbons (Fsp3) is 0.429. The smallest absolute Gasteiger partial charge is 0.264 e. The molecule has 2 aliphatic heterocycles. The van der Waals surface area contributed by atoms with E-state index in [2.05, 4.69) is 0 Å². The van der Waals surface area contributed by atoms with Gasteiger partial charge in [-0.1, -0.05) is 60.7 Å². The summed E-state index contributed by atoms with van der Waals surface area (Å²) < 4.78 is 52.2. The number of aliphatic hydroxyl groups is 1. The molecule has 1 N–H and O–H groups in total. The van der Waals surface area contributed by atoms with Crippen molar-refractivity contribution in [2.45, 2.75) is 37.0 Å². The molecule has 2 fully saturated rings. The summed E-state index contributed by atoms with van der Waals surface area (Å²) in [6, 6.07) is 18.5. The summed E-state index contributed by atoms with van der Waals surface area (Å²) in [6.45, 7) is -0.0344. The van der Waals surface area contributed by atoms with Crippen LogP contribution in [0.25, 0.3) is 0 Å². The van der Waals surface area contributed by atoms with Gasteiger partial charge in [-0.15, -0.1) is 0 Å². The quantitative estimate of drug-likeness (QED) is 0.710. The zero-order valence-corrected chi connectivity index (χ0v) is 17.2. The van der Waals surface area contributed by atoms with E-state index in [-0.39, 0.29) is 13.2 Å². The fourth-order valence-electron chi connectivity index (χ4n) is 3.56. The van der Waals surface area contributed by atoms with Crippen LogP contribution >= 0.6 is 0 Å². The maximum Gasteiger partial charge on any atom is 0.264 e. The number of aliphatic hydroxyl groups excluding tert-OH is 1. The summed E-state index contributed by atoms with van der Waals surface area (Å²) in [5, 5.41) is 10.6. The highest BCUT2D eigenvalue weighted by Gasteiger charge is 2.46. The molecular weight excluding hydrogens is 412 g/mol. The lowest BCUT2D eigenvalue weighted by Crippen LogP contribution is -2.57. The molecule has 2 aromatic rings. The molecule has 0 aliphatic carbocycles. The number of hydrogen-bond acceptors (Lipinski definition) is 8. The summed E-state index contributed by atoms with van der Waals surface area (Å²) in [5.74, 6) is 0. The molecule has 0 bridgehead atoms. The molecule has 2 heterocycles. The van der Waals surface area contributed by atoms with E-state index in [1.807, 2.05) is 60.7 Å². The zero-order valence-electron chi connectivity index (χ0n) is 16.4. The van der Waals surface area contributed by atoms with Crippen LogP contribution in [0.3, 0.4) is 0 Å². The standard InChI is InChI=1S/C21H24O8S/c1-30(23,24)29-17-13-26-21(15-10-6-3-7-11-15)28-19(17)18-16(22)12-25-20(27-18)14-8-4-2-5-9-14/h2-11,16-22H,12-13H2,1H3/t16-,17-,18-,19-,20?,21?/m1/s1. The second-order valence-electron chi connectivity index (χ2n) is 7.26. The zero-order chi connectivity index (χ0) is 21.1. The molecule has 0 radical (unpaired) electrons. The Morgan fingerprint density at radius 2 is 1.33 bits per heavy atom. The van der Waals surface area contributed by atoms with Gasteiger partial charge in [-0.05, 0) is 0 Å². The van der Waals surface area contributed by atoms with Gasteiger partial charge in [0, 0.05) is 11.1 Å². The molecule has 4 rings (SSSR count). The van der Waals surface area contributed by atoms with Crippen LogP contribution in [-0.2, 0) is 33.2 Å². The Hall–Kier alpha value is -1.85. The van der Waals surface area contributed by atoms with E-state index in [9.17, 15) is 13.5 Å². The Kier molecular flexibility index (Phi) is 6.49. The molecule has 0 aromatic heterocycles. The average molecular weight is 436 g/mol. The van der Waals surface area contributed by atoms with Gasteiger partial charge in [0.1, 0.15) is 24.4 Å². The van der Waals surface area contributed by atoms with E-state index in [1.165, 1.54) is 0 Å². The van der Waals surface area contributed by atoms with E-state index >= 15 is 0 Å². The van der Waals surface area contributed by atoms with Crippen LogP contribution in [0.1, 0.15) is 23.7 Å². The van der Waals surface area contributed by atoms with Crippen LogP contribution in [0.5, 0.6) is 0 Å². The van der Waals surface area contributed by atoms with Gasteiger partial charge in [0.25, 0.3) is 10.1 Å². The normalized spacial score (nSPS) is 32.6. The molecule has 6 atom stereocenters. The molecule has 8 nitrogen and oxygen atoms in total. The highest BCUT2D eigenvalue weighted by molar-refractivity contribution is 7.86. The summed E-state index contributed by atoms with van der Waals surface area (Å²) >= 11 is 0. The van der Waals surface area contributed by atoms with Crippen LogP contribution in [0.2, 0.25) is 0 Å². The maximum absolute atomic E-state index is 11.8. The van der Waals surface area contributed by atoms with Crippen LogP contribution in [0.15, 0.2) is 60.7 Å². The molecule has 162 valence electrons. The molecular formula is C21H24O8S. The largest absolute Gasteiger partial charge is 0.388 e. The number of hydrogen-bond donors (Lipinski definition) is 1. The highest BCUT2D eigenvalue weighted by atomic mass is 32.2. The van der Waals surface area contributed by atoms with Crippen molar-refractivity contribution >= 4 is 10.1 Å². The molecule has 0 saturated carbocycles. The van der Waals surface area contributed by atoms with Crippen molar-refractivity contribution in [2.24, 2.45) is 0 Å². The van der Waals surface area contributed by atoms with Gasteiger partial charge in [-0.25, -0.2) is 0 Å². The molecule has 0 amide bonds. The van der Waals surface area contributed by atoms with Crippen molar-refractivity contribution in [1.82, 2.24) is 0 Å². The van der Waals surface area contributed by atoms with Crippen molar-refractivity contribution in [3.05, 3.63) is 71.8 Å². The summed E-state index contributed by atoms with van der Waals surface area (Å²) in [6.07, 6.45) is -4.30. The van der Waals surface area contributed by atoms with Gasteiger partial charge in [-0.2, -0.15) is 8.42 Å². The Morgan fingerprint density at radius 1 is 0.833 bits per heavy atom. The minimum absolute atomic E-state index is 0.00649. The van der Waals surface area contributed by atoms with Gasteiger partial charge in [0.2, 0.25) is 0 Å². The maximum atomic E-state index is 11.8. The summed E-state index contributed by atoms with van der Waals surface area (Å²) in [4.78, 5) is 0. The third kappa shape index (κ3) is 5.06. The molecule has 2 unspecified atom stereocenters. The van der Waals surface area contributed by atoms with Crippen LogP contribution in [0, 0.1) is 0 Å². The Balaban J connectivity index is 1.59. The van der Waals surface area contributed by atoms with Gasteiger partial charge < -0.3 is 24.1 Å². The van der Waals surface area contributed by atoms with Crippen LogP contribution in [-0.4, -0.2) is 57.4 Å². The first-order valence-corrected chi connectivity index (χ1v) is 11.4. The molecule has 2 aliphatic rings. The lowest BCUT2D eigenvalue weighted by molar-refractivity contribution is -0.328. The molecule has 0 spiro atoms. The van der Waals surface area contributed by atoms with Crippen molar-refractivity contribution in [3.63, 3.8) is 0 Å². The van der Waals surface area contributed by atoms with E-state index < -0.39 is 47.1 Å². The predicted octanol–water partition coefficient (Wildman–Crippen LogP) is 1.92. The first-order valence-electron chi connectivity index (χ1n) is 9.61. The Morgan fingerprint density at radius 3 is 1.87 bits per heavy atom. The minimum Gasteiger partial charge on any atom is -0.388 e. The van der Waals surface area contributed by atoms with Gasteiger partial charge >= 0.3 is 0 Å². The molecule has 2 saturated heterocycles. The SMILES string of the molecule is CS(=O)(=O)O[C@@H]1COC(c2ccccc2)O[C@H]1[C@@H]1OC(c2ccccc2)OC[C@H]1O. The molecule has 30 heavy (non-hydrogen) atoms. The molecule has 2 aromatic carbocycles. The minimum atomic E-state index is -3.79. The van der Waals surface area contributed by atoms with Crippen LogP contribution in [0.4, 0.5) is 0 Å². The van der Waals surface area contributed by atoms with Crippen molar-refractivity contribution in [1.29, 1.82) is 0 Å². The Bertz CT molecular complexity index is 921. The monoisotopic (exact) mass is 436 g/mol. The lowest BCUT2D eigenvalue weighted by atomic mass is 10.0. The van der Waals surface area contributed by atoms with Crippen molar-refractivity contribution in [2.75, 3.05) is 19.5 Å². The Labute approximate surface area is 175 Å². The van der Waals surface area contributed by atoms with Crippen molar-refractivity contribution in [3.8, 4) is 0 Å². The van der Waals surface area contributed by atoms with E-state index in [0.717, 1.165) is 17.4 Å². The lowest BCUT2D eigenvalue weighted by Gasteiger charge is -2.44. The van der Waals surface area contributed by atoms with E-state index in [4.69, 9.17) is 23.1 Å². The second kappa shape index (κ2) is 9.11. The van der Waals surface area contributed by atoms with Gasteiger partial charge in [0.05, 0.1) is 19.5 Å². The predicted molar refractivity (Wildman–Crippen MR) is 106 cm³/mol. The average Bonchev–Trinajstić information content (AvgIpc) is 2.75. The molecule has 9 heteroatoms. The fourth-order valence-corrected chi connectivity index (χ4v) is 4.18. The second-order valence-corrected chi connectivity index (χ2v) is 8.86. The van der Waals surface area contributed by atoms with E-state index in [0.29, 0.717) is 0 Å². The number of ether oxygens (including phenoxy) is 4. The summed E-state index contributed by atoms with van der Waals surface area (Å²) in [7, 11) is -3.79. The summed E-state index contributed by atoms with van der Waals surface area (Å²) in [5.41, 5.74) is 1.54. The van der Waals surface area contributed by atoms with E-state index in [1.54, 1.807) is 0 Å². The van der Waals surface area contributed by atoms with Crippen LogP contribution < -0.4 is 0 Å². The topological polar surface area (TPSA) is 101 Å². The first-order chi connectivity index (χ1) is 14.4. The van der Waals surface area contributed by atoms with Gasteiger partial charge in [-0.3, -0.25) is 4.18 Å².